The van der Waals surface area contributed by atoms with Crippen molar-refractivity contribution in [3.05, 3.63) is 118 Å². The lowest BCUT2D eigenvalue weighted by atomic mass is 9.77. The van der Waals surface area contributed by atoms with E-state index in [1.165, 1.54) is 30.3 Å². The number of rotatable bonds is 5. The largest absolute Gasteiger partial charge is 0.471 e. The molecule has 236 valence electrons. The monoisotopic (exact) mass is 642 g/mol. The Morgan fingerprint density at radius 2 is 1.26 bits per heavy atom. The highest BCUT2D eigenvalue weighted by molar-refractivity contribution is 5.96. The Morgan fingerprint density at radius 1 is 0.717 bits per heavy atom. The number of hydrogen-bond acceptors (Lipinski definition) is 6. The Labute approximate surface area is 255 Å². The Bertz CT molecular complexity index is 1800. The molecule has 2 aliphatic heterocycles. The Hall–Kier alpha value is -5.37. The molecule has 6 rings (SSSR count). The number of hydrogen-bond donors (Lipinski definition) is 2. The Balaban J connectivity index is 1.40. The van der Waals surface area contributed by atoms with Crippen molar-refractivity contribution in [2.24, 2.45) is 0 Å². The first-order chi connectivity index (χ1) is 21.8. The van der Waals surface area contributed by atoms with E-state index in [-0.39, 0.29) is 41.7 Å². The molecule has 0 saturated heterocycles. The number of fused-ring (bicyclic) bond motifs is 6. The summed E-state index contributed by atoms with van der Waals surface area (Å²) in [7, 11) is 0. The third-order valence-electron chi connectivity index (χ3n) is 7.35. The van der Waals surface area contributed by atoms with Crippen LogP contribution in [0.5, 0.6) is 11.5 Å². The lowest BCUT2D eigenvalue weighted by Crippen LogP contribution is -2.33. The third-order valence-corrected chi connectivity index (χ3v) is 7.35. The van der Waals surface area contributed by atoms with Gasteiger partial charge in [-0.25, -0.2) is 4.79 Å². The number of carbonyl (C=O) groups is 3. The van der Waals surface area contributed by atoms with Gasteiger partial charge in [-0.2, -0.15) is 26.3 Å². The molecule has 0 aliphatic carbocycles. The van der Waals surface area contributed by atoms with Crippen molar-refractivity contribution in [3.8, 4) is 11.5 Å². The molecule has 2 aliphatic rings. The molecule has 0 saturated carbocycles. The van der Waals surface area contributed by atoms with E-state index in [1.807, 2.05) is 6.07 Å². The van der Waals surface area contributed by atoms with E-state index >= 15 is 0 Å². The molecular weight excluding hydrogens is 622 g/mol. The smallest absolute Gasteiger partial charge is 0.457 e. The van der Waals surface area contributed by atoms with Crippen molar-refractivity contribution < 1.29 is 54.9 Å². The van der Waals surface area contributed by atoms with Gasteiger partial charge in [0.05, 0.1) is 12.2 Å². The first-order valence-corrected chi connectivity index (χ1v) is 13.5. The standard InChI is InChI=1S/C32H20F6N2O6/c33-31(34,35)28(42)39-20-7-10-23-25(13-20)46-26-14-21(40-29(43)32(36,37)38)8-11-24(26)30(23)22-9-6-18(12-19(22)16-45-30)27(41)44-15-17-4-2-1-3-5-17/h1-14H,15-16H2,(H,39,42)(H,40,43). The normalized spacial score (nSPS) is 14.4. The van der Waals surface area contributed by atoms with Gasteiger partial charge >= 0.3 is 30.1 Å². The number of alkyl halides is 6. The van der Waals surface area contributed by atoms with Crippen molar-refractivity contribution >= 4 is 29.2 Å². The lowest BCUT2D eigenvalue weighted by molar-refractivity contribution is -0.167. The van der Waals surface area contributed by atoms with Gasteiger partial charge in [-0.15, -0.1) is 0 Å². The summed E-state index contributed by atoms with van der Waals surface area (Å²) >= 11 is 0. The van der Waals surface area contributed by atoms with Crippen molar-refractivity contribution in [2.75, 3.05) is 10.6 Å². The molecule has 0 unspecified atom stereocenters. The van der Waals surface area contributed by atoms with E-state index in [1.54, 1.807) is 47.0 Å². The summed E-state index contributed by atoms with van der Waals surface area (Å²) in [6.07, 6.45) is -10.4. The fraction of sp³-hybridized carbons (Fsp3) is 0.156. The molecule has 4 aromatic rings. The maximum Gasteiger partial charge on any atom is 0.471 e. The Kier molecular flexibility index (Phi) is 7.47. The van der Waals surface area contributed by atoms with Gasteiger partial charge in [0.15, 0.2) is 5.60 Å². The first-order valence-electron chi connectivity index (χ1n) is 13.5. The van der Waals surface area contributed by atoms with Crippen molar-refractivity contribution in [3.63, 3.8) is 0 Å². The van der Waals surface area contributed by atoms with Crippen molar-refractivity contribution in [1.82, 2.24) is 0 Å². The maximum atomic E-state index is 12.9. The van der Waals surface area contributed by atoms with Gasteiger partial charge in [-0.3, -0.25) is 9.59 Å². The SMILES string of the molecule is O=C(OCc1ccccc1)c1ccc2c(c1)COC21c2ccc(NC(=O)C(F)(F)F)cc2Oc2cc(NC(=O)C(F)(F)F)ccc21. The van der Waals surface area contributed by atoms with Crippen LogP contribution in [0.25, 0.3) is 0 Å². The van der Waals surface area contributed by atoms with Crippen LogP contribution in [0.3, 0.4) is 0 Å². The van der Waals surface area contributed by atoms with Crippen LogP contribution >= 0.6 is 0 Å². The molecule has 14 heteroatoms. The van der Waals surface area contributed by atoms with Crippen LogP contribution in [0.1, 0.15) is 38.2 Å². The minimum Gasteiger partial charge on any atom is -0.457 e. The van der Waals surface area contributed by atoms with Gasteiger partial charge in [0.2, 0.25) is 0 Å². The number of anilines is 2. The molecule has 2 amide bonds. The van der Waals surface area contributed by atoms with Gasteiger partial charge in [-0.1, -0.05) is 36.4 Å². The summed E-state index contributed by atoms with van der Waals surface area (Å²) in [5, 5.41) is 3.47. The Morgan fingerprint density at radius 3 is 1.80 bits per heavy atom. The zero-order chi connectivity index (χ0) is 32.9. The molecule has 4 aromatic carbocycles. The average Bonchev–Trinajstić information content (AvgIpc) is 3.38. The fourth-order valence-corrected chi connectivity index (χ4v) is 5.32. The van der Waals surface area contributed by atoms with Gasteiger partial charge in [-0.05, 0) is 53.1 Å². The van der Waals surface area contributed by atoms with E-state index in [9.17, 15) is 40.7 Å². The molecule has 2 N–H and O–H groups in total. The minimum atomic E-state index is -5.18. The van der Waals surface area contributed by atoms with E-state index < -0.39 is 35.7 Å². The van der Waals surface area contributed by atoms with Crippen LogP contribution in [0, 0.1) is 0 Å². The number of esters is 1. The lowest BCUT2D eigenvalue weighted by Gasteiger charge is -2.37. The molecule has 2 heterocycles. The van der Waals surface area contributed by atoms with E-state index in [4.69, 9.17) is 14.2 Å². The van der Waals surface area contributed by atoms with Gasteiger partial charge in [0.25, 0.3) is 0 Å². The molecule has 8 nitrogen and oxygen atoms in total. The van der Waals surface area contributed by atoms with Gasteiger partial charge in [0.1, 0.15) is 18.1 Å². The van der Waals surface area contributed by atoms with Gasteiger partial charge in [0, 0.05) is 34.6 Å². The van der Waals surface area contributed by atoms with E-state index in [0.717, 1.165) is 17.7 Å². The quantitative estimate of drug-likeness (QED) is 0.180. The zero-order valence-corrected chi connectivity index (χ0v) is 23.2. The highest BCUT2D eigenvalue weighted by Gasteiger charge is 2.50. The molecule has 0 aromatic heterocycles. The second-order valence-electron chi connectivity index (χ2n) is 10.3. The topological polar surface area (TPSA) is 103 Å². The summed E-state index contributed by atoms with van der Waals surface area (Å²) in [6.45, 7) is -0.0111. The zero-order valence-electron chi connectivity index (χ0n) is 23.2. The molecule has 0 atom stereocenters. The molecular formula is C32H20F6N2O6. The third kappa shape index (κ3) is 5.62. The molecule has 46 heavy (non-hydrogen) atoms. The maximum absolute atomic E-state index is 12.9. The van der Waals surface area contributed by atoms with Crippen LogP contribution in [-0.2, 0) is 37.9 Å². The predicted molar refractivity (Wildman–Crippen MR) is 149 cm³/mol. The van der Waals surface area contributed by atoms with E-state index in [0.29, 0.717) is 22.3 Å². The van der Waals surface area contributed by atoms with E-state index in [2.05, 4.69) is 0 Å². The highest BCUT2D eigenvalue weighted by Crippen LogP contribution is 2.57. The molecule has 0 bridgehead atoms. The second kappa shape index (κ2) is 11.2. The fourth-order valence-electron chi connectivity index (χ4n) is 5.32. The second-order valence-corrected chi connectivity index (χ2v) is 10.3. The highest BCUT2D eigenvalue weighted by atomic mass is 19.4. The van der Waals surface area contributed by atoms with Crippen molar-refractivity contribution in [1.29, 1.82) is 0 Å². The van der Waals surface area contributed by atoms with Crippen molar-refractivity contribution in [2.45, 2.75) is 31.2 Å². The summed E-state index contributed by atoms with van der Waals surface area (Å²) in [4.78, 5) is 36.0. The van der Waals surface area contributed by atoms with Crippen LogP contribution in [-0.4, -0.2) is 30.1 Å². The number of benzene rings is 4. The summed E-state index contributed by atoms with van der Waals surface area (Å²) in [5.74, 6) is -5.22. The predicted octanol–water partition coefficient (Wildman–Crippen LogP) is 6.97. The van der Waals surface area contributed by atoms with Crippen LogP contribution in [0.4, 0.5) is 37.7 Å². The van der Waals surface area contributed by atoms with Crippen LogP contribution in [0.15, 0.2) is 84.9 Å². The average molecular weight is 643 g/mol. The number of amides is 2. The van der Waals surface area contributed by atoms with Gasteiger partial charge < -0.3 is 24.8 Å². The number of ether oxygens (including phenoxy) is 3. The molecule has 1 spiro atoms. The van der Waals surface area contributed by atoms with Crippen LogP contribution in [0.2, 0.25) is 0 Å². The number of nitrogens with one attached hydrogen (secondary N) is 2. The minimum absolute atomic E-state index is 0.0374. The number of carbonyl (C=O) groups excluding carboxylic acids is 3. The summed E-state index contributed by atoms with van der Waals surface area (Å²) in [5.41, 5.74) is 0.611. The first kappa shape index (κ1) is 30.6. The van der Waals surface area contributed by atoms with Crippen LogP contribution < -0.4 is 15.4 Å². The molecule has 0 fully saturated rings. The summed E-state index contributed by atoms with van der Waals surface area (Å²) in [6, 6.07) is 21.2. The summed E-state index contributed by atoms with van der Waals surface area (Å²) < 4.78 is 95.2. The molecule has 0 radical (unpaired) electrons. The number of halogens is 6.